The van der Waals surface area contributed by atoms with Gasteiger partial charge in [-0.05, 0) is 245 Å². The molecule has 2 aliphatic carbocycles. The summed E-state index contributed by atoms with van der Waals surface area (Å²) in [4.78, 5) is 4.97. The van der Waals surface area contributed by atoms with E-state index in [2.05, 4.69) is 449 Å². The van der Waals surface area contributed by atoms with E-state index >= 15 is 0 Å². The van der Waals surface area contributed by atoms with Crippen LogP contribution in [0.5, 0.6) is 0 Å². The lowest BCUT2D eigenvalue weighted by molar-refractivity contribution is 0.583. The molecule has 1 atom stereocenters. The molecule has 2 nitrogen and oxygen atoms in total. The standard InChI is InChI=1S/C112H80N2/c1-111(2)103-33-12-10-30-101(103)109-105(111)35-17-37-107(109)113(95-63-59-78(60-64-95)77-49-53-85(54-50-77)100-32-16-24-84-21-8-9-29-99(84)100)97-27-14-25-88(71-97)80-43-47-82(48-44-80)93-58-57-90-67-74(39-40-94(90)70-93)73-112(3)104-34-13-11-31-102(104)110-106(112)36-18-38-108(110)114(96-65-61-83(62-66-96)92-56-52-76-20-5-7-23-87(76)69-92)98-28-15-26-89(72-98)79-41-45-81(46-42-79)91-55-51-75-19-4-6-22-86(75)68-91/h4-72H,73H2,1-3H3. The second-order valence-corrected chi connectivity index (χ2v) is 31.8. The average Bonchev–Trinajstić information content (AvgIpc) is 1.56. The Bertz CT molecular complexity index is 6960. The van der Waals surface area contributed by atoms with E-state index in [4.69, 9.17) is 0 Å². The van der Waals surface area contributed by atoms with E-state index in [0.717, 1.165) is 51.5 Å². The van der Waals surface area contributed by atoms with Crippen LogP contribution in [0.15, 0.2) is 419 Å². The fourth-order valence-electron chi connectivity index (χ4n) is 18.8. The van der Waals surface area contributed by atoms with Crippen LogP contribution in [0.2, 0.25) is 0 Å². The Labute approximate surface area is 667 Å². The number of benzene rings is 19. The number of nitrogens with zero attached hydrogens (tertiary/aromatic N) is 2. The minimum absolute atomic E-state index is 0.151. The van der Waals surface area contributed by atoms with Crippen LogP contribution in [0.3, 0.4) is 0 Å². The summed E-state index contributed by atoms with van der Waals surface area (Å²) >= 11 is 0. The molecule has 0 fully saturated rings. The van der Waals surface area contributed by atoms with Gasteiger partial charge in [-0.3, -0.25) is 0 Å². The third-order valence-corrected chi connectivity index (χ3v) is 24.7. The molecule has 0 saturated heterocycles. The van der Waals surface area contributed by atoms with Crippen molar-refractivity contribution in [2.24, 2.45) is 0 Å². The first-order chi connectivity index (χ1) is 56.1. The van der Waals surface area contributed by atoms with Crippen molar-refractivity contribution in [3.05, 3.63) is 446 Å². The van der Waals surface area contributed by atoms with Gasteiger partial charge in [-0.1, -0.05) is 360 Å². The molecule has 114 heavy (non-hydrogen) atoms. The van der Waals surface area contributed by atoms with Crippen LogP contribution in [0.25, 0.3) is 143 Å². The lowest BCUT2D eigenvalue weighted by atomic mass is 9.75. The van der Waals surface area contributed by atoms with Crippen LogP contribution in [0.4, 0.5) is 34.1 Å². The fraction of sp³-hybridized carbons (Fsp3) is 0.0536. The lowest BCUT2D eigenvalue weighted by Crippen LogP contribution is -2.24. The van der Waals surface area contributed by atoms with E-state index in [1.54, 1.807) is 0 Å². The molecule has 0 saturated carbocycles. The molecular weight excluding hydrogens is 1370 g/mol. The normalized spacial score (nSPS) is 13.7. The van der Waals surface area contributed by atoms with Crippen LogP contribution in [-0.2, 0) is 17.3 Å². The number of fused-ring (bicyclic) bond motifs is 10. The monoisotopic (exact) mass is 1450 g/mol. The van der Waals surface area contributed by atoms with E-state index in [9.17, 15) is 0 Å². The van der Waals surface area contributed by atoms with Crippen molar-refractivity contribution in [3.63, 3.8) is 0 Å². The molecule has 2 aliphatic rings. The molecule has 0 aromatic heterocycles. The van der Waals surface area contributed by atoms with Gasteiger partial charge in [-0.2, -0.15) is 0 Å². The summed E-state index contributed by atoms with van der Waals surface area (Å²) in [7, 11) is 0. The van der Waals surface area contributed by atoms with Crippen molar-refractivity contribution in [2.45, 2.75) is 38.0 Å². The molecule has 19 aromatic carbocycles. The smallest absolute Gasteiger partial charge is 0.0543 e. The van der Waals surface area contributed by atoms with Crippen LogP contribution >= 0.6 is 0 Å². The summed E-state index contributed by atoms with van der Waals surface area (Å²) in [5.74, 6) is 0. The number of hydrogen-bond acceptors (Lipinski definition) is 2. The predicted octanol–water partition coefficient (Wildman–Crippen LogP) is 30.7. The molecule has 0 N–H and O–H groups in total. The van der Waals surface area contributed by atoms with Gasteiger partial charge in [-0.15, -0.1) is 0 Å². The van der Waals surface area contributed by atoms with Gasteiger partial charge in [0, 0.05) is 44.7 Å². The molecule has 0 aliphatic heterocycles. The van der Waals surface area contributed by atoms with Crippen molar-refractivity contribution < 1.29 is 0 Å². The van der Waals surface area contributed by atoms with Crippen molar-refractivity contribution in [2.75, 3.05) is 9.80 Å². The van der Waals surface area contributed by atoms with Crippen molar-refractivity contribution in [3.8, 4) is 100 Å². The Morgan fingerprint density at radius 2 is 0.535 bits per heavy atom. The first kappa shape index (κ1) is 67.9. The van der Waals surface area contributed by atoms with Gasteiger partial charge in [0.15, 0.2) is 0 Å². The molecule has 1 unspecified atom stereocenters. The molecule has 0 spiro atoms. The van der Waals surface area contributed by atoms with Crippen molar-refractivity contribution in [1.29, 1.82) is 0 Å². The number of hydrogen-bond donors (Lipinski definition) is 0. The highest BCUT2D eigenvalue weighted by atomic mass is 15.2. The third kappa shape index (κ3) is 11.9. The maximum atomic E-state index is 2.50. The first-order valence-electron chi connectivity index (χ1n) is 39.9. The van der Waals surface area contributed by atoms with Crippen molar-refractivity contribution >= 4 is 77.2 Å². The molecule has 0 heterocycles. The highest BCUT2D eigenvalue weighted by Crippen LogP contribution is 2.58. The van der Waals surface area contributed by atoms with E-state index in [1.807, 2.05) is 0 Å². The lowest BCUT2D eigenvalue weighted by Gasteiger charge is -2.30. The Balaban J connectivity index is 0.579. The third-order valence-electron chi connectivity index (χ3n) is 24.7. The average molecular weight is 1450 g/mol. The summed E-state index contributed by atoms with van der Waals surface area (Å²) < 4.78 is 0. The summed E-state index contributed by atoms with van der Waals surface area (Å²) in [6.07, 6.45) is 0.832. The summed E-state index contributed by atoms with van der Waals surface area (Å²) in [6.45, 7) is 7.20. The van der Waals surface area contributed by atoms with Gasteiger partial charge in [0.05, 0.1) is 11.4 Å². The fourth-order valence-corrected chi connectivity index (χ4v) is 18.8. The van der Waals surface area contributed by atoms with Crippen LogP contribution in [0, 0.1) is 0 Å². The topological polar surface area (TPSA) is 6.48 Å². The molecule has 2 heteroatoms. The minimum atomic E-state index is -0.333. The van der Waals surface area contributed by atoms with E-state index in [0.29, 0.717) is 0 Å². The molecule has 0 amide bonds. The maximum Gasteiger partial charge on any atom is 0.0543 e. The van der Waals surface area contributed by atoms with E-state index < -0.39 is 0 Å². The quantitative estimate of drug-likeness (QED) is 0.101. The van der Waals surface area contributed by atoms with Gasteiger partial charge < -0.3 is 9.80 Å². The Hall–Kier alpha value is -14.2. The molecule has 21 rings (SSSR count). The van der Waals surface area contributed by atoms with Crippen LogP contribution < -0.4 is 9.80 Å². The SMILES string of the molecule is CC1(C)c2ccccc2-c2c(N(c3ccc(-c4ccc(-c5cccc6ccccc56)cc4)cc3)c3cccc(-c4ccc(-c5ccc6cc(CC7(C)c8ccccc8-c8c(N(c9ccc(-c%10ccc%11ccccc%11c%10)cc9)c9cccc(-c%10ccc(-c%11ccc%12ccccc%12c%11)cc%10)c9)cccc87)ccc6c5)cc4)c3)cccc21. The highest BCUT2D eigenvalue weighted by molar-refractivity contribution is 6.01. The van der Waals surface area contributed by atoms with E-state index in [-0.39, 0.29) is 10.8 Å². The molecule has 538 valence electrons. The Morgan fingerprint density at radius 1 is 0.202 bits per heavy atom. The zero-order valence-corrected chi connectivity index (χ0v) is 63.9. The largest absolute Gasteiger partial charge is 0.310 e. The second kappa shape index (κ2) is 27.7. The van der Waals surface area contributed by atoms with Crippen LogP contribution in [-0.4, -0.2) is 0 Å². The second-order valence-electron chi connectivity index (χ2n) is 31.8. The Kier molecular flexibility index (Phi) is 16.5. The van der Waals surface area contributed by atoms with Gasteiger partial charge in [0.1, 0.15) is 0 Å². The Morgan fingerprint density at radius 3 is 1.07 bits per heavy atom. The van der Waals surface area contributed by atoms with Gasteiger partial charge in [-0.25, -0.2) is 0 Å². The molecule has 19 aromatic rings. The summed E-state index contributed by atoms with van der Waals surface area (Å²) in [6, 6.07) is 156. The zero-order chi connectivity index (χ0) is 76.0. The van der Waals surface area contributed by atoms with Gasteiger partial charge >= 0.3 is 0 Å². The summed E-state index contributed by atoms with van der Waals surface area (Å²) in [5, 5.41) is 9.95. The predicted molar refractivity (Wildman–Crippen MR) is 483 cm³/mol. The minimum Gasteiger partial charge on any atom is -0.310 e. The highest BCUT2D eigenvalue weighted by Gasteiger charge is 2.42. The zero-order valence-electron chi connectivity index (χ0n) is 63.9. The molecular formula is C112H80N2. The van der Waals surface area contributed by atoms with Crippen molar-refractivity contribution in [1.82, 2.24) is 0 Å². The first-order valence-corrected chi connectivity index (χ1v) is 39.9. The molecule has 0 bridgehead atoms. The summed E-state index contributed by atoms with van der Waals surface area (Å²) in [5.41, 5.74) is 34.7. The number of anilines is 6. The van der Waals surface area contributed by atoms with E-state index in [1.165, 1.54) is 160 Å². The van der Waals surface area contributed by atoms with Crippen LogP contribution in [0.1, 0.15) is 48.6 Å². The number of rotatable bonds is 15. The molecule has 0 radical (unpaired) electrons. The van der Waals surface area contributed by atoms with Gasteiger partial charge in [0.25, 0.3) is 0 Å². The van der Waals surface area contributed by atoms with Gasteiger partial charge in [0.2, 0.25) is 0 Å². The maximum absolute atomic E-state index is 2.50.